The fraction of sp³-hybridized carbons (Fsp3) is 0.526. The third-order valence-corrected chi connectivity index (χ3v) is 4.18. The number of aliphatic carboxylic acids is 1. The minimum atomic E-state index is -1.09. The number of carboxylic acids is 1. The maximum Gasteiger partial charge on any atom is 0.408 e. The molecule has 3 N–H and O–H groups in total. The Morgan fingerprint density at radius 2 is 1.77 bits per heavy atom. The molecule has 0 radical (unpaired) electrons. The van der Waals surface area contributed by atoms with Gasteiger partial charge in [0.25, 0.3) is 0 Å². The number of ether oxygens (including phenoxy) is 1. The molecule has 1 aromatic carbocycles. The van der Waals surface area contributed by atoms with Gasteiger partial charge in [0, 0.05) is 0 Å². The average Bonchev–Trinajstić information content (AvgIpc) is 2.63. The summed E-state index contributed by atoms with van der Waals surface area (Å²) in [6.45, 7) is 5.59. The van der Waals surface area contributed by atoms with Gasteiger partial charge in [-0.1, -0.05) is 63.9 Å². The van der Waals surface area contributed by atoms with Gasteiger partial charge in [0.15, 0.2) is 0 Å². The summed E-state index contributed by atoms with van der Waals surface area (Å²) < 4.78 is 5.13. The van der Waals surface area contributed by atoms with Crippen LogP contribution in [0.15, 0.2) is 30.3 Å². The Labute approximate surface area is 154 Å². The Balaban J connectivity index is 2.63. The van der Waals surface area contributed by atoms with Crippen LogP contribution in [-0.4, -0.2) is 35.2 Å². The van der Waals surface area contributed by atoms with Crippen LogP contribution < -0.4 is 10.6 Å². The van der Waals surface area contributed by atoms with E-state index in [1.807, 2.05) is 44.2 Å². The molecule has 7 heteroatoms. The van der Waals surface area contributed by atoms with Crippen LogP contribution in [0.1, 0.15) is 45.6 Å². The Kier molecular flexibility index (Phi) is 9.19. The van der Waals surface area contributed by atoms with Gasteiger partial charge in [0.05, 0.1) is 0 Å². The normalized spacial score (nSPS) is 14.0. The fourth-order valence-electron chi connectivity index (χ4n) is 2.40. The van der Waals surface area contributed by atoms with E-state index in [9.17, 15) is 19.5 Å². The van der Waals surface area contributed by atoms with Gasteiger partial charge in [-0.2, -0.15) is 0 Å². The maximum absolute atomic E-state index is 12.4. The molecule has 0 fully saturated rings. The summed E-state index contributed by atoms with van der Waals surface area (Å²) in [4.78, 5) is 35.8. The van der Waals surface area contributed by atoms with E-state index in [1.165, 1.54) is 0 Å². The summed E-state index contributed by atoms with van der Waals surface area (Å²) in [6.07, 6.45) is 0.942. The predicted octanol–water partition coefficient (Wildman–Crippen LogP) is 2.70. The number of rotatable bonds is 10. The van der Waals surface area contributed by atoms with E-state index < -0.39 is 30.1 Å². The van der Waals surface area contributed by atoms with Crippen LogP contribution in [0.25, 0.3) is 0 Å². The highest BCUT2D eigenvalue weighted by Crippen LogP contribution is 2.09. The minimum absolute atomic E-state index is 0.0950. The van der Waals surface area contributed by atoms with Gasteiger partial charge in [-0.25, -0.2) is 9.59 Å². The summed E-state index contributed by atoms with van der Waals surface area (Å²) in [6, 6.07) is 7.36. The Morgan fingerprint density at radius 1 is 1.12 bits per heavy atom. The van der Waals surface area contributed by atoms with Crippen LogP contribution in [0, 0.1) is 5.92 Å². The Bertz CT molecular complexity index is 591. The summed E-state index contributed by atoms with van der Waals surface area (Å²) in [5.74, 6) is -1.82. The van der Waals surface area contributed by atoms with Crippen molar-refractivity contribution in [3.63, 3.8) is 0 Å². The summed E-state index contributed by atoms with van der Waals surface area (Å²) in [7, 11) is 0. The van der Waals surface area contributed by atoms with Crippen molar-refractivity contribution in [2.45, 2.75) is 58.7 Å². The van der Waals surface area contributed by atoms with Gasteiger partial charge < -0.3 is 20.5 Å². The number of carbonyl (C=O) groups excluding carboxylic acids is 2. The lowest BCUT2D eigenvalue weighted by molar-refractivity contribution is -0.143. The van der Waals surface area contributed by atoms with E-state index in [4.69, 9.17) is 4.74 Å². The quantitative estimate of drug-likeness (QED) is 0.592. The molecule has 1 aromatic rings. The van der Waals surface area contributed by atoms with Crippen LogP contribution in [0.2, 0.25) is 0 Å². The molecular formula is C19H28N2O5. The second-order valence-corrected chi connectivity index (χ2v) is 6.26. The number of benzene rings is 1. The highest BCUT2D eigenvalue weighted by Gasteiger charge is 2.29. The van der Waals surface area contributed by atoms with Crippen LogP contribution >= 0.6 is 0 Å². The third kappa shape index (κ3) is 7.13. The molecule has 0 aliphatic heterocycles. The highest BCUT2D eigenvalue weighted by molar-refractivity contribution is 5.89. The Hall–Kier alpha value is -2.57. The molecule has 26 heavy (non-hydrogen) atoms. The second kappa shape index (κ2) is 11.1. The number of amides is 2. The summed E-state index contributed by atoms with van der Waals surface area (Å²) >= 11 is 0. The SMILES string of the molecule is CCC[C@H](NC(=O)OCc1ccccc1)C(=O)N[C@@H](C(=O)O)[C@H](C)CC. The van der Waals surface area contributed by atoms with Gasteiger partial charge in [0.2, 0.25) is 5.91 Å². The van der Waals surface area contributed by atoms with Crippen LogP contribution in [0.3, 0.4) is 0 Å². The zero-order valence-corrected chi connectivity index (χ0v) is 15.5. The molecule has 0 saturated heterocycles. The molecule has 0 aromatic heterocycles. The maximum atomic E-state index is 12.4. The van der Waals surface area contributed by atoms with Crippen LogP contribution in [-0.2, 0) is 20.9 Å². The molecule has 7 nitrogen and oxygen atoms in total. The molecule has 0 saturated carbocycles. The molecule has 1 rings (SSSR count). The molecule has 0 unspecified atom stereocenters. The molecule has 0 aliphatic rings. The molecular weight excluding hydrogens is 336 g/mol. The van der Waals surface area contributed by atoms with Gasteiger partial charge in [-0.3, -0.25) is 4.79 Å². The third-order valence-electron chi connectivity index (χ3n) is 4.18. The van der Waals surface area contributed by atoms with Gasteiger partial charge in [0.1, 0.15) is 18.7 Å². The van der Waals surface area contributed by atoms with Crippen molar-refractivity contribution in [3.8, 4) is 0 Å². The first-order chi connectivity index (χ1) is 12.4. The van der Waals surface area contributed by atoms with E-state index in [0.29, 0.717) is 19.3 Å². The molecule has 2 amide bonds. The van der Waals surface area contributed by atoms with E-state index >= 15 is 0 Å². The van der Waals surface area contributed by atoms with Crippen molar-refractivity contribution in [1.82, 2.24) is 10.6 Å². The summed E-state index contributed by atoms with van der Waals surface area (Å²) in [5, 5.41) is 14.3. The average molecular weight is 364 g/mol. The van der Waals surface area contributed by atoms with Crippen molar-refractivity contribution in [3.05, 3.63) is 35.9 Å². The number of hydrogen-bond donors (Lipinski definition) is 3. The zero-order chi connectivity index (χ0) is 19.5. The van der Waals surface area contributed by atoms with Crippen molar-refractivity contribution in [1.29, 1.82) is 0 Å². The fourth-order valence-corrected chi connectivity index (χ4v) is 2.40. The van der Waals surface area contributed by atoms with Crippen molar-refractivity contribution in [2.24, 2.45) is 5.92 Å². The largest absolute Gasteiger partial charge is 0.480 e. The van der Waals surface area contributed by atoms with Crippen LogP contribution in [0.5, 0.6) is 0 Å². The monoisotopic (exact) mass is 364 g/mol. The minimum Gasteiger partial charge on any atom is -0.480 e. The van der Waals surface area contributed by atoms with Gasteiger partial charge in [-0.15, -0.1) is 0 Å². The van der Waals surface area contributed by atoms with Crippen molar-refractivity contribution < 1.29 is 24.2 Å². The van der Waals surface area contributed by atoms with Crippen molar-refractivity contribution in [2.75, 3.05) is 0 Å². The molecule has 0 heterocycles. The van der Waals surface area contributed by atoms with Crippen molar-refractivity contribution >= 4 is 18.0 Å². The first-order valence-electron chi connectivity index (χ1n) is 8.89. The lowest BCUT2D eigenvalue weighted by Crippen LogP contribution is -2.53. The molecule has 0 bridgehead atoms. The Morgan fingerprint density at radius 3 is 2.31 bits per heavy atom. The van der Waals surface area contributed by atoms with E-state index in [0.717, 1.165) is 5.56 Å². The lowest BCUT2D eigenvalue weighted by atomic mass is 9.98. The van der Waals surface area contributed by atoms with Gasteiger partial charge >= 0.3 is 12.1 Å². The molecule has 0 aliphatic carbocycles. The molecule has 3 atom stereocenters. The molecule has 144 valence electrons. The number of carboxylic acid groups (broad SMARTS) is 1. The number of hydrogen-bond acceptors (Lipinski definition) is 4. The first kappa shape index (κ1) is 21.5. The first-order valence-corrected chi connectivity index (χ1v) is 8.89. The van der Waals surface area contributed by atoms with Crippen LogP contribution in [0.4, 0.5) is 4.79 Å². The second-order valence-electron chi connectivity index (χ2n) is 6.26. The number of alkyl carbamates (subject to hydrolysis) is 1. The highest BCUT2D eigenvalue weighted by atomic mass is 16.5. The smallest absolute Gasteiger partial charge is 0.408 e. The van der Waals surface area contributed by atoms with E-state index in [-0.39, 0.29) is 12.5 Å². The van der Waals surface area contributed by atoms with E-state index in [1.54, 1.807) is 6.92 Å². The summed E-state index contributed by atoms with van der Waals surface area (Å²) in [5.41, 5.74) is 0.835. The molecule has 0 spiro atoms. The standard InChI is InChI=1S/C19H28N2O5/c1-4-9-15(17(22)21-16(18(23)24)13(3)5-2)20-19(25)26-12-14-10-7-6-8-11-14/h6-8,10-11,13,15-16H,4-5,9,12H2,1-3H3,(H,20,25)(H,21,22)(H,23,24)/t13-,15+,16-/m1/s1. The van der Waals surface area contributed by atoms with Gasteiger partial charge in [-0.05, 0) is 17.9 Å². The number of carbonyl (C=O) groups is 3. The topological polar surface area (TPSA) is 105 Å². The number of nitrogens with one attached hydrogen (secondary N) is 2. The predicted molar refractivity (Wildman–Crippen MR) is 97.5 cm³/mol. The zero-order valence-electron chi connectivity index (χ0n) is 15.5. The van der Waals surface area contributed by atoms with E-state index in [2.05, 4.69) is 10.6 Å². The lowest BCUT2D eigenvalue weighted by Gasteiger charge is -2.24.